The number of imide groups is 1. The highest BCUT2D eigenvalue weighted by atomic mass is 32.1. The van der Waals surface area contributed by atoms with E-state index in [1.807, 2.05) is 29.6 Å². The summed E-state index contributed by atoms with van der Waals surface area (Å²) in [4.78, 5) is 30.9. The summed E-state index contributed by atoms with van der Waals surface area (Å²) < 4.78 is 0. The minimum Gasteiger partial charge on any atom is -0.278 e. The van der Waals surface area contributed by atoms with E-state index in [-0.39, 0.29) is 17.7 Å². The molecular formula is C15H14N2O2S. The van der Waals surface area contributed by atoms with Gasteiger partial charge in [-0.25, -0.2) is 0 Å². The number of hydrogen-bond acceptors (Lipinski definition) is 4. The fourth-order valence-corrected chi connectivity index (χ4v) is 3.21. The van der Waals surface area contributed by atoms with Gasteiger partial charge in [-0.1, -0.05) is 12.1 Å². The Morgan fingerprint density at radius 2 is 2.20 bits per heavy atom. The third kappa shape index (κ3) is 2.63. The molecule has 4 nitrogen and oxygen atoms in total. The standard InChI is InChI=1S/C15H14N2O2S/c18-14-8-12(7-13-4-2-6-20-13)15(19)17(14)10-11-3-1-5-16-9-11/h1-6,9,12H,7-8,10H2. The lowest BCUT2D eigenvalue weighted by Gasteiger charge is -2.14. The van der Waals surface area contributed by atoms with Crippen molar-refractivity contribution in [2.24, 2.45) is 5.92 Å². The average molecular weight is 286 g/mol. The number of aromatic nitrogens is 1. The Bertz CT molecular complexity index is 610. The molecule has 102 valence electrons. The molecule has 1 saturated heterocycles. The normalized spacial score (nSPS) is 18.8. The van der Waals surface area contributed by atoms with Gasteiger partial charge in [0.15, 0.2) is 0 Å². The van der Waals surface area contributed by atoms with E-state index in [0.29, 0.717) is 19.4 Å². The van der Waals surface area contributed by atoms with Gasteiger partial charge >= 0.3 is 0 Å². The van der Waals surface area contributed by atoms with E-state index in [9.17, 15) is 9.59 Å². The summed E-state index contributed by atoms with van der Waals surface area (Å²) in [5.74, 6) is -0.356. The van der Waals surface area contributed by atoms with Crippen LogP contribution in [-0.2, 0) is 22.6 Å². The van der Waals surface area contributed by atoms with Crippen LogP contribution in [-0.4, -0.2) is 21.7 Å². The smallest absolute Gasteiger partial charge is 0.233 e. The molecule has 2 aromatic heterocycles. The molecule has 1 aliphatic rings. The zero-order valence-corrected chi connectivity index (χ0v) is 11.7. The van der Waals surface area contributed by atoms with E-state index in [2.05, 4.69) is 4.98 Å². The molecule has 3 rings (SSSR count). The summed E-state index contributed by atoms with van der Waals surface area (Å²) in [6, 6.07) is 7.66. The average Bonchev–Trinajstić information content (AvgIpc) is 3.05. The Balaban J connectivity index is 1.70. The van der Waals surface area contributed by atoms with Gasteiger partial charge in [0.25, 0.3) is 0 Å². The molecule has 1 unspecified atom stereocenters. The number of rotatable bonds is 4. The first-order valence-electron chi connectivity index (χ1n) is 6.49. The first-order chi connectivity index (χ1) is 9.74. The quantitative estimate of drug-likeness (QED) is 0.810. The van der Waals surface area contributed by atoms with E-state index < -0.39 is 0 Å². The molecule has 0 aromatic carbocycles. The Morgan fingerprint density at radius 3 is 2.90 bits per heavy atom. The number of pyridine rings is 1. The van der Waals surface area contributed by atoms with Gasteiger partial charge in [-0.3, -0.25) is 19.5 Å². The largest absolute Gasteiger partial charge is 0.278 e. The zero-order valence-electron chi connectivity index (χ0n) is 10.9. The number of thiophene rings is 1. The molecular weight excluding hydrogens is 272 g/mol. The van der Waals surface area contributed by atoms with Crippen LogP contribution in [0.5, 0.6) is 0 Å². The van der Waals surface area contributed by atoms with Crippen LogP contribution in [0, 0.1) is 5.92 Å². The second-order valence-corrected chi connectivity index (χ2v) is 5.90. The minimum absolute atomic E-state index is 0.0627. The number of hydrogen-bond donors (Lipinski definition) is 0. The van der Waals surface area contributed by atoms with Crippen LogP contribution in [0.3, 0.4) is 0 Å². The first kappa shape index (κ1) is 13.0. The fourth-order valence-electron chi connectivity index (χ4n) is 2.42. The summed E-state index contributed by atoms with van der Waals surface area (Å²) in [5.41, 5.74) is 0.881. The number of likely N-dealkylation sites (tertiary alicyclic amines) is 1. The van der Waals surface area contributed by atoms with Gasteiger partial charge in [0, 0.05) is 23.7 Å². The second kappa shape index (κ2) is 5.54. The van der Waals surface area contributed by atoms with E-state index in [4.69, 9.17) is 0 Å². The van der Waals surface area contributed by atoms with Gasteiger partial charge in [0.05, 0.1) is 12.5 Å². The van der Waals surface area contributed by atoms with Gasteiger partial charge < -0.3 is 0 Å². The highest BCUT2D eigenvalue weighted by molar-refractivity contribution is 7.09. The van der Waals surface area contributed by atoms with Crippen LogP contribution < -0.4 is 0 Å². The highest BCUT2D eigenvalue weighted by Crippen LogP contribution is 2.26. The van der Waals surface area contributed by atoms with Gasteiger partial charge in [-0.2, -0.15) is 0 Å². The molecule has 5 heteroatoms. The van der Waals surface area contributed by atoms with Crippen LogP contribution in [0.25, 0.3) is 0 Å². The molecule has 0 radical (unpaired) electrons. The highest BCUT2D eigenvalue weighted by Gasteiger charge is 2.38. The first-order valence-corrected chi connectivity index (χ1v) is 7.37. The molecule has 0 bridgehead atoms. The van der Waals surface area contributed by atoms with E-state index >= 15 is 0 Å². The molecule has 3 heterocycles. The summed E-state index contributed by atoms with van der Waals surface area (Å²) in [6.45, 7) is 0.326. The second-order valence-electron chi connectivity index (χ2n) is 4.86. The lowest BCUT2D eigenvalue weighted by molar-refractivity contribution is -0.140. The molecule has 20 heavy (non-hydrogen) atoms. The molecule has 1 fully saturated rings. The Labute approximate surface area is 121 Å². The molecule has 1 atom stereocenters. The SMILES string of the molecule is O=C1CC(Cc2cccs2)C(=O)N1Cc1cccnc1. The van der Waals surface area contributed by atoms with Crippen molar-refractivity contribution in [1.82, 2.24) is 9.88 Å². The van der Waals surface area contributed by atoms with Gasteiger partial charge in [-0.05, 0) is 29.5 Å². The van der Waals surface area contributed by atoms with Crippen LogP contribution in [0.15, 0.2) is 42.0 Å². The van der Waals surface area contributed by atoms with Crippen molar-refractivity contribution in [2.75, 3.05) is 0 Å². The maximum absolute atomic E-state index is 12.3. The van der Waals surface area contributed by atoms with Crippen molar-refractivity contribution >= 4 is 23.2 Å². The van der Waals surface area contributed by atoms with Crippen molar-refractivity contribution in [3.63, 3.8) is 0 Å². The monoisotopic (exact) mass is 286 g/mol. The summed E-state index contributed by atoms with van der Waals surface area (Å²) in [6.07, 6.45) is 4.34. The predicted octanol–water partition coefficient (Wildman–Crippen LogP) is 2.26. The number of carbonyl (C=O) groups excluding carboxylic acids is 2. The van der Waals surface area contributed by atoms with E-state index in [1.54, 1.807) is 23.7 Å². The van der Waals surface area contributed by atoms with Crippen molar-refractivity contribution in [3.8, 4) is 0 Å². The van der Waals surface area contributed by atoms with Crippen molar-refractivity contribution in [1.29, 1.82) is 0 Å². The van der Waals surface area contributed by atoms with E-state index in [1.165, 1.54) is 4.90 Å². The number of amides is 2. The molecule has 2 aromatic rings. The Morgan fingerprint density at radius 1 is 1.30 bits per heavy atom. The Hall–Kier alpha value is -2.01. The van der Waals surface area contributed by atoms with Crippen LogP contribution in [0.2, 0.25) is 0 Å². The fraction of sp³-hybridized carbons (Fsp3) is 0.267. The zero-order chi connectivity index (χ0) is 13.9. The van der Waals surface area contributed by atoms with Crippen molar-refractivity contribution < 1.29 is 9.59 Å². The molecule has 2 amide bonds. The summed E-state index contributed by atoms with van der Waals surface area (Å²) in [5, 5.41) is 1.99. The maximum atomic E-state index is 12.3. The molecule has 0 saturated carbocycles. The predicted molar refractivity (Wildman–Crippen MR) is 75.9 cm³/mol. The van der Waals surface area contributed by atoms with Crippen molar-refractivity contribution in [3.05, 3.63) is 52.5 Å². The number of carbonyl (C=O) groups is 2. The van der Waals surface area contributed by atoms with Crippen LogP contribution in [0.1, 0.15) is 16.9 Å². The third-order valence-corrected chi connectivity index (χ3v) is 4.33. The van der Waals surface area contributed by atoms with E-state index in [0.717, 1.165) is 10.4 Å². The van der Waals surface area contributed by atoms with Gasteiger partial charge in [0.1, 0.15) is 0 Å². The lowest BCUT2D eigenvalue weighted by atomic mass is 10.0. The summed E-state index contributed by atoms with van der Waals surface area (Å²) >= 11 is 1.63. The molecule has 0 aliphatic carbocycles. The Kier molecular flexibility index (Phi) is 3.60. The third-order valence-electron chi connectivity index (χ3n) is 3.43. The minimum atomic E-state index is -0.210. The van der Waals surface area contributed by atoms with Gasteiger partial charge in [-0.15, -0.1) is 11.3 Å². The molecule has 0 spiro atoms. The van der Waals surface area contributed by atoms with Gasteiger partial charge in [0.2, 0.25) is 11.8 Å². The maximum Gasteiger partial charge on any atom is 0.233 e. The van der Waals surface area contributed by atoms with Crippen molar-refractivity contribution in [2.45, 2.75) is 19.4 Å². The lowest BCUT2D eigenvalue weighted by Crippen LogP contribution is -2.30. The van der Waals surface area contributed by atoms with Crippen LogP contribution in [0.4, 0.5) is 0 Å². The number of nitrogens with zero attached hydrogens (tertiary/aromatic N) is 2. The molecule has 0 N–H and O–H groups in total. The molecule has 1 aliphatic heterocycles. The summed E-state index contributed by atoms with van der Waals surface area (Å²) in [7, 11) is 0. The van der Waals surface area contributed by atoms with Crippen LogP contribution >= 0.6 is 11.3 Å². The topological polar surface area (TPSA) is 50.3 Å².